The van der Waals surface area contributed by atoms with E-state index < -0.39 is 0 Å². The SMILES string of the molecule is C=C/C=C/C=C(C)C.COC(=O)CC1C(C)(C)CCC2[C@@]1(C)CCC1C(C)(C)C(O)CC[C@@]12C. The summed E-state index contributed by atoms with van der Waals surface area (Å²) in [4.78, 5) is 12.2. The Balaban J connectivity index is 0.000000440. The van der Waals surface area contributed by atoms with Gasteiger partial charge in [0.1, 0.15) is 0 Å². The van der Waals surface area contributed by atoms with Crippen LogP contribution in [-0.4, -0.2) is 24.3 Å². The molecule has 0 amide bonds. The second-order valence-electron chi connectivity index (χ2n) is 13.3. The Morgan fingerprint density at radius 3 is 2.09 bits per heavy atom. The van der Waals surface area contributed by atoms with Gasteiger partial charge in [0.2, 0.25) is 0 Å². The van der Waals surface area contributed by atoms with E-state index in [4.69, 9.17) is 4.74 Å². The molecule has 3 saturated carbocycles. The van der Waals surface area contributed by atoms with Crippen LogP contribution in [0.3, 0.4) is 0 Å². The first kappa shape index (κ1) is 28.9. The molecule has 3 aliphatic carbocycles. The van der Waals surface area contributed by atoms with E-state index in [2.05, 4.69) is 62.0 Å². The number of ether oxygens (including phenoxy) is 1. The summed E-state index contributed by atoms with van der Waals surface area (Å²) in [6.07, 6.45) is 14.8. The summed E-state index contributed by atoms with van der Waals surface area (Å²) >= 11 is 0. The maximum Gasteiger partial charge on any atom is 0.305 e. The molecule has 0 aromatic carbocycles. The number of aliphatic hydroxyl groups excluding tert-OH is 1. The van der Waals surface area contributed by atoms with E-state index in [1.54, 1.807) is 6.08 Å². The van der Waals surface area contributed by atoms with Gasteiger partial charge < -0.3 is 9.84 Å². The largest absolute Gasteiger partial charge is 0.469 e. The molecule has 3 heteroatoms. The molecule has 194 valence electrons. The van der Waals surface area contributed by atoms with Crippen LogP contribution in [0.15, 0.2) is 36.5 Å². The molecule has 0 saturated heterocycles. The summed E-state index contributed by atoms with van der Waals surface area (Å²) in [5.74, 6) is 1.51. The van der Waals surface area contributed by atoms with E-state index in [0.717, 1.165) is 12.8 Å². The smallest absolute Gasteiger partial charge is 0.305 e. The minimum absolute atomic E-state index is 0.0147. The van der Waals surface area contributed by atoms with Crippen molar-refractivity contribution < 1.29 is 14.6 Å². The molecule has 0 radical (unpaired) electrons. The zero-order chi connectivity index (χ0) is 25.9. The van der Waals surface area contributed by atoms with Crippen molar-refractivity contribution in [1.82, 2.24) is 0 Å². The van der Waals surface area contributed by atoms with Crippen LogP contribution in [0.5, 0.6) is 0 Å². The number of hydrogen-bond acceptors (Lipinski definition) is 3. The highest BCUT2D eigenvalue weighted by Gasteiger charge is 2.64. The number of carbonyl (C=O) groups excluding carboxylic acids is 1. The molecule has 3 rings (SSSR count). The Labute approximate surface area is 210 Å². The Morgan fingerprint density at radius 1 is 0.941 bits per heavy atom. The molecule has 0 aromatic rings. The minimum atomic E-state index is -0.184. The van der Waals surface area contributed by atoms with E-state index >= 15 is 0 Å². The number of rotatable bonds is 4. The van der Waals surface area contributed by atoms with Crippen molar-refractivity contribution in [3.05, 3.63) is 36.5 Å². The van der Waals surface area contributed by atoms with Crippen molar-refractivity contribution in [2.24, 2.45) is 39.4 Å². The van der Waals surface area contributed by atoms with Gasteiger partial charge in [0.05, 0.1) is 13.2 Å². The van der Waals surface area contributed by atoms with E-state index in [9.17, 15) is 9.90 Å². The van der Waals surface area contributed by atoms with Crippen LogP contribution in [0, 0.1) is 39.4 Å². The number of aliphatic hydroxyl groups is 1. The number of fused-ring (bicyclic) bond motifs is 3. The van der Waals surface area contributed by atoms with Crippen molar-refractivity contribution in [2.75, 3.05) is 7.11 Å². The molecule has 6 atom stereocenters. The monoisotopic (exact) mass is 472 g/mol. The second-order valence-corrected chi connectivity index (χ2v) is 13.3. The van der Waals surface area contributed by atoms with E-state index in [-0.39, 0.29) is 33.7 Å². The van der Waals surface area contributed by atoms with Crippen molar-refractivity contribution in [3.63, 3.8) is 0 Å². The van der Waals surface area contributed by atoms with Crippen LogP contribution in [0.2, 0.25) is 0 Å². The Hall–Kier alpha value is -1.35. The fraction of sp³-hybridized carbons (Fsp3) is 0.774. The number of hydrogen-bond donors (Lipinski definition) is 1. The van der Waals surface area contributed by atoms with Crippen LogP contribution in [0.1, 0.15) is 100 Å². The molecule has 0 aliphatic heterocycles. The quantitative estimate of drug-likeness (QED) is 0.334. The Morgan fingerprint density at radius 2 is 1.53 bits per heavy atom. The number of carbonyl (C=O) groups is 1. The minimum Gasteiger partial charge on any atom is -0.469 e. The van der Waals surface area contributed by atoms with E-state index in [1.165, 1.54) is 38.4 Å². The lowest BCUT2D eigenvalue weighted by Gasteiger charge is -2.68. The lowest BCUT2D eigenvalue weighted by atomic mass is 9.37. The zero-order valence-corrected chi connectivity index (χ0v) is 23.5. The molecule has 3 aliphatic rings. The van der Waals surface area contributed by atoms with Crippen molar-refractivity contribution in [2.45, 2.75) is 106 Å². The second kappa shape index (κ2) is 10.7. The summed E-state index contributed by atoms with van der Waals surface area (Å²) in [7, 11) is 1.52. The van der Waals surface area contributed by atoms with Crippen molar-refractivity contribution >= 4 is 5.97 Å². The number of methoxy groups -OCH3 is 1. The van der Waals surface area contributed by atoms with E-state index in [0.29, 0.717) is 24.2 Å². The zero-order valence-electron chi connectivity index (χ0n) is 23.5. The summed E-state index contributed by atoms with van der Waals surface area (Å²) in [5.41, 5.74) is 1.91. The standard InChI is InChI=1S/C23H40O3.C8H12/c1-20(2)11-8-16-22(5)13-10-18(24)21(3,4)15(22)9-12-23(16,6)17(20)14-19(25)26-7;1-4-5-6-7-8(2)3/h15-18,24H,8-14H2,1-7H3;4-7H,1H2,2-3H3/b;6-5+/t15?,16?,17?,18?,22-,23+;/m0./s1. The average molecular weight is 473 g/mol. The van der Waals surface area contributed by atoms with Gasteiger partial charge in [-0.25, -0.2) is 0 Å². The number of esters is 1. The van der Waals surface area contributed by atoms with Crippen LogP contribution in [-0.2, 0) is 9.53 Å². The van der Waals surface area contributed by atoms with Crippen LogP contribution in [0.25, 0.3) is 0 Å². The summed E-state index contributed by atoms with van der Waals surface area (Å²) in [6.45, 7) is 21.9. The van der Waals surface area contributed by atoms with Gasteiger partial charge in [-0.15, -0.1) is 0 Å². The predicted molar refractivity (Wildman–Crippen MR) is 143 cm³/mol. The fourth-order valence-corrected chi connectivity index (χ4v) is 8.32. The molecular formula is C31H52O3. The lowest BCUT2D eigenvalue weighted by Crippen LogP contribution is -2.62. The molecule has 0 bridgehead atoms. The molecule has 3 nitrogen and oxygen atoms in total. The lowest BCUT2D eigenvalue weighted by molar-refractivity contribution is -0.212. The van der Waals surface area contributed by atoms with Crippen LogP contribution >= 0.6 is 0 Å². The van der Waals surface area contributed by atoms with Crippen LogP contribution < -0.4 is 0 Å². The number of allylic oxidation sites excluding steroid dienone is 5. The molecule has 34 heavy (non-hydrogen) atoms. The van der Waals surface area contributed by atoms with Gasteiger partial charge in [-0.1, -0.05) is 78.0 Å². The maximum atomic E-state index is 12.2. The highest BCUT2D eigenvalue weighted by atomic mass is 16.5. The molecule has 0 heterocycles. The first-order chi connectivity index (χ1) is 15.7. The van der Waals surface area contributed by atoms with Gasteiger partial charge in [0, 0.05) is 6.42 Å². The first-order valence-electron chi connectivity index (χ1n) is 13.3. The summed E-state index contributed by atoms with van der Waals surface area (Å²) < 4.78 is 5.08. The Bertz CT molecular complexity index is 784. The van der Waals surface area contributed by atoms with E-state index in [1.807, 2.05) is 18.2 Å². The van der Waals surface area contributed by atoms with Gasteiger partial charge in [-0.05, 0) is 91.8 Å². The van der Waals surface area contributed by atoms with Crippen molar-refractivity contribution in [3.8, 4) is 0 Å². The third-order valence-corrected chi connectivity index (χ3v) is 10.2. The van der Waals surface area contributed by atoms with Gasteiger partial charge in [-0.3, -0.25) is 4.79 Å². The average Bonchev–Trinajstić information content (AvgIpc) is 2.73. The molecular weight excluding hydrogens is 420 g/mol. The third kappa shape index (κ3) is 5.55. The Kier molecular flexibility index (Phi) is 9.11. The first-order valence-corrected chi connectivity index (χ1v) is 13.3. The van der Waals surface area contributed by atoms with Gasteiger partial charge >= 0.3 is 5.97 Å². The van der Waals surface area contributed by atoms with Crippen molar-refractivity contribution in [1.29, 1.82) is 0 Å². The highest BCUT2D eigenvalue weighted by Crippen LogP contribution is 2.71. The van der Waals surface area contributed by atoms with Gasteiger partial charge in [-0.2, -0.15) is 0 Å². The van der Waals surface area contributed by atoms with Gasteiger partial charge in [0.25, 0.3) is 0 Å². The summed E-state index contributed by atoms with van der Waals surface area (Å²) in [6, 6.07) is 0. The third-order valence-electron chi connectivity index (χ3n) is 10.2. The molecule has 0 aromatic heterocycles. The van der Waals surface area contributed by atoms with Crippen LogP contribution in [0.4, 0.5) is 0 Å². The molecule has 3 fully saturated rings. The van der Waals surface area contributed by atoms with Gasteiger partial charge in [0.15, 0.2) is 0 Å². The molecule has 1 N–H and O–H groups in total. The fourth-order valence-electron chi connectivity index (χ4n) is 8.32. The maximum absolute atomic E-state index is 12.2. The topological polar surface area (TPSA) is 46.5 Å². The molecule has 4 unspecified atom stereocenters. The normalized spacial score (nSPS) is 37.9. The summed E-state index contributed by atoms with van der Waals surface area (Å²) in [5, 5.41) is 10.7. The predicted octanol–water partition coefficient (Wildman–Crippen LogP) is 7.90. The highest BCUT2D eigenvalue weighted by molar-refractivity contribution is 5.69. The molecule has 0 spiro atoms.